The second kappa shape index (κ2) is 5.02. The van der Waals surface area contributed by atoms with Gasteiger partial charge < -0.3 is 5.32 Å². The Hall–Kier alpha value is -2.56. The SMILES string of the molecule is O=C(Nc1ccccc1F)c1nn2c(C(F)(F)F)nnc2s1. The number of hydrogen-bond donors (Lipinski definition) is 1. The Bertz CT molecular complexity index is 856. The Kier molecular flexibility index (Phi) is 3.28. The molecule has 0 aliphatic heterocycles. The highest BCUT2D eigenvalue weighted by Gasteiger charge is 2.38. The number of fused-ring (bicyclic) bond motifs is 1. The van der Waals surface area contributed by atoms with Gasteiger partial charge in [0, 0.05) is 0 Å². The number of aromatic nitrogens is 4. The first kappa shape index (κ1) is 14.4. The molecule has 1 amide bonds. The summed E-state index contributed by atoms with van der Waals surface area (Å²) in [6, 6.07) is 5.38. The van der Waals surface area contributed by atoms with Crippen molar-refractivity contribution in [3.63, 3.8) is 0 Å². The normalized spacial score (nSPS) is 11.8. The van der Waals surface area contributed by atoms with E-state index in [0.717, 1.165) is 6.07 Å². The molecule has 114 valence electrons. The van der Waals surface area contributed by atoms with Gasteiger partial charge in [0.15, 0.2) is 0 Å². The molecule has 22 heavy (non-hydrogen) atoms. The van der Waals surface area contributed by atoms with Crippen LogP contribution in [-0.4, -0.2) is 25.7 Å². The zero-order chi connectivity index (χ0) is 15.9. The van der Waals surface area contributed by atoms with E-state index in [1.54, 1.807) is 0 Å². The van der Waals surface area contributed by atoms with Crippen LogP contribution in [0.4, 0.5) is 23.2 Å². The molecular weight excluding hydrogens is 326 g/mol. The average molecular weight is 331 g/mol. The number of nitrogens with zero attached hydrogens (tertiary/aromatic N) is 4. The van der Waals surface area contributed by atoms with Crippen LogP contribution in [0.15, 0.2) is 24.3 Å². The van der Waals surface area contributed by atoms with Crippen molar-refractivity contribution in [2.75, 3.05) is 5.32 Å². The smallest absolute Gasteiger partial charge is 0.317 e. The number of hydrogen-bond acceptors (Lipinski definition) is 5. The molecule has 1 N–H and O–H groups in total. The zero-order valence-electron chi connectivity index (χ0n) is 10.4. The van der Waals surface area contributed by atoms with Gasteiger partial charge in [0.1, 0.15) is 5.82 Å². The molecule has 11 heteroatoms. The van der Waals surface area contributed by atoms with Gasteiger partial charge in [-0.3, -0.25) is 4.79 Å². The molecule has 0 aliphatic rings. The molecule has 1 aromatic carbocycles. The lowest BCUT2D eigenvalue weighted by atomic mass is 10.3. The Labute approximate surface area is 123 Å². The van der Waals surface area contributed by atoms with E-state index in [-0.39, 0.29) is 15.7 Å². The Morgan fingerprint density at radius 2 is 1.95 bits per heavy atom. The molecule has 2 heterocycles. The molecule has 0 aliphatic carbocycles. The fourth-order valence-corrected chi connectivity index (χ4v) is 2.36. The highest BCUT2D eigenvalue weighted by atomic mass is 32.1. The fraction of sp³-hybridized carbons (Fsp3) is 0.0909. The number of carbonyl (C=O) groups excluding carboxylic acids is 1. The van der Waals surface area contributed by atoms with Gasteiger partial charge in [-0.1, -0.05) is 23.5 Å². The van der Waals surface area contributed by atoms with Gasteiger partial charge in [0.25, 0.3) is 11.7 Å². The Morgan fingerprint density at radius 1 is 1.23 bits per heavy atom. The van der Waals surface area contributed by atoms with Crippen LogP contribution in [0, 0.1) is 5.82 Å². The predicted molar refractivity (Wildman–Crippen MR) is 68.0 cm³/mol. The van der Waals surface area contributed by atoms with Crippen molar-refractivity contribution in [1.29, 1.82) is 0 Å². The molecule has 0 saturated carbocycles. The predicted octanol–water partition coefficient (Wildman–Crippen LogP) is 2.60. The highest BCUT2D eigenvalue weighted by molar-refractivity contribution is 7.18. The number of nitrogens with one attached hydrogen (secondary N) is 1. The van der Waals surface area contributed by atoms with Crippen molar-refractivity contribution in [1.82, 2.24) is 19.8 Å². The maximum Gasteiger partial charge on any atom is 0.453 e. The molecule has 3 aromatic rings. The minimum atomic E-state index is -4.74. The number of para-hydroxylation sites is 1. The maximum absolute atomic E-state index is 13.4. The first-order chi connectivity index (χ1) is 10.4. The topological polar surface area (TPSA) is 72.2 Å². The minimum absolute atomic E-state index is 0.102. The first-order valence-corrected chi connectivity index (χ1v) is 6.53. The Morgan fingerprint density at radius 3 is 2.64 bits per heavy atom. The Balaban J connectivity index is 1.92. The molecule has 0 unspecified atom stereocenters. The third-order valence-corrected chi connectivity index (χ3v) is 3.46. The summed E-state index contributed by atoms with van der Waals surface area (Å²) in [6.45, 7) is 0. The quantitative estimate of drug-likeness (QED) is 0.733. The van der Waals surface area contributed by atoms with E-state index >= 15 is 0 Å². The van der Waals surface area contributed by atoms with Gasteiger partial charge in [-0.15, -0.1) is 15.3 Å². The van der Waals surface area contributed by atoms with Gasteiger partial charge >= 0.3 is 6.18 Å². The van der Waals surface area contributed by atoms with E-state index < -0.39 is 23.7 Å². The van der Waals surface area contributed by atoms with E-state index in [4.69, 9.17) is 0 Å². The molecule has 0 radical (unpaired) electrons. The van der Waals surface area contributed by atoms with Gasteiger partial charge in [-0.05, 0) is 12.1 Å². The van der Waals surface area contributed by atoms with Crippen LogP contribution in [0.1, 0.15) is 15.6 Å². The molecule has 0 fully saturated rings. The highest BCUT2D eigenvalue weighted by Crippen LogP contribution is 2.29. The third-order valence-electron chi connectivity index (χ3n) is 2.56. The monoisotopic (exact) mass is 331 g/mol. The van der Waals surface area contributed by atoms with Crippen molar-refractivity contribution in [2.45, 2.75) is 6.18 Å². The largest absolute Gasteiger partial charge is 0.453 e. The lowest BCUT2D eigenvalue weighted by Gasteiger charge is -2.03. The molecule has 3 rings (SSSR count). The number of halogens is 4. The van der Waals surface area contributed by atoms with E-state index in [1.807, 2.05) is 0 Å². The second-order valence-corrected chi connectivity index (χ2v) is 5.01. The van der Waals surface area contributed by atoms with Crippen LogP contribution in [0.25, 0.3) is 4.96 Å². The lowest BCUT2D eigenvalue weighted by Crippen LogP contribution is -2.15. The van der Waals surface area contributed by atoms with Gasteiger partial charge in [0.05, 0.1) is 5.69 Å². The number of carbonyl (C=O) groups is 1. The van der Waals surface area contributed by atoms with Crippen molar-refractivity contribution < 1.29 is 22.4 Å². The zero-order valence-corrected chi connectivity index (χ0v) is 11.2. The van der Waals surface area contributed by atoms with Gasteiger partial charge in [0.2, 0.25) is 9.97 Å². The van der Waals surface area contributed by atoms with Crippen molar-refractivity contribution in [3.8, 4) is 0 Å². The van der Waals surface area contributed by atoms with Crippen LogP contribution in [0.3, 0.4) is 0 Å². The van der Waals surface area contributed by atoms with Crippen LogP contribution in [0.5, 0.6) is 0 Å². The van der Waals surface area contributed by atoms with E-state index in [0.29, 0.717) is 15.9 Å². The van der Waals surface area contributed by atoms with E-state index in [9.17, 15) is 22.4 Å². The molecule has 0 saturated heterocycles. The molecule has 0 atom stereocenters. The summed E-state index contributed by atoms with van der Waals surface area (Å²) in [5.41, 5.74) is -0.102. The van der Waals surface area contributed by atoms with Crippen LogP contribution < -0.4 is 5.32 Å². The average Bonchev–Trinajstić information content (AvgIpc) is 2.99. The lowest BCUT2D eigenvalue weighted by molar-refractivity contribution is -0.146. The van der Waals surface area contributed by atoms with Gasteiger partial charge in [-0.25, -0.2) is 4.39 Å². The van der Waals surface area contributed by atoms with E-state index in [2.05, 4.69) is 20.6 Å². The second-order valence-electron chi connectivity index (χ2n) is 4.06. The standard InChI is InChI=1S/C11H5F4N5OS/c12-5-3-1-2-4-6(5)16-7(21)8-19-20-9(11(13,14)15)17-18-10(20)22-8/h1-4H,(H,16,21). The van der Waals surface area contributed by atoms with Crippen LogP contribution >= 0.6 is 11.3 Å². The summed E-state index contributed by atoms with van der Waals surface area (Å²) >= 11 is 0.611. The van der Waals surface area contributed by atoms with Crippen LogP contribution in [0.2, 0.25) is 0 Å². The molecule has 2 aromatic heterocycles. The van der Waals surface area contributed by atoms with Crippen molar-refractivity contribution in [2.24, 2.45) is 0 Å². The molecule has 6 nitrogen and oxygen atoms in total. The summed E-state index contributed by atoms with van der Waals surface area (Å²) in [5, 5.41) is 11.7. The molecular formula is C11H5F4N5OS. The number of alkyl halides is 3. The summed E-state index contributed by atoms with van der Waals surface area (Å²) in [5.74, 6) is -2.84. The molecule has 0 spiro atoms. The number of amides is 1. The van der Waals surface area contributed by atoms with Gasteiger partial charge in [-0.2, -0.15) is 17.7 Å². The number of benzene rings is 1. The van der Waals surface area contributed by atoms with Crippen molar-refractivity contribution in [3.05, 3.63) is 40.9 Å². The molecule has 0 bridgehead atoms. The summed E-state index contributed by atoms with van der Waals surface area (Å²) in [6.07, 6.45) is -4.74. The first-order valence-electron chi connectivity index (χ1n) is 5.71. The maximum atomic E-state index is 13.4. The van der Waals surface area contributed by atoms with Crippen LogP contribution in [-0.2, 0) is 6.18 Å². The summed E-state index contributed by atoms with van der Waals surface area (Å²) in [7, 11) is 0. The number of anilines is 1. The number of rotatable bonds is 2. The third kappa shape index (κ3) is 2.50. The van der Waals surface area contributed by atoms with Crippen molar-refractivity contribution >= 4 is 27.9 Å². The minimum Gasteiger partial charge on any atom is -0.317 e. The summed E-state index contributed by atoms with van der Waals surface area (Å²) in [4.78, 5) is 11.7. The summed E-state index contributed by atoms with van der Waals surface area (Å²) < 4.78 is 51.8. The fourth-order valence-electron chi connectivity index (χ4n) is 1.62. The van der Waals surface area contributed by atoms with E-state index in [1.165, 1.54) is 18.2 Å².